The average molecular weight is 387 g/mol. The summed E-state index contributed by atoms with van der Waals surface area (Å²) in [6, 6.07) is 11.7. The second-order valence-electron chi connectivity index (χ2n) is 6.98. The fourth-order valence-electron chi connectivity index (χ4n) is 3.33. The van der Waals surface area contributed by atoms with Crippen LogP contribution < -0.4 is 10.6 Å². The monoisotopic (exact) mass is 387 g/mol. The largest absolute Gasteiger partial charge is 0.326 e. The second-order valence-corrected chi connectivity index (χ2v) is 6.98. The molecule has 28 heavy (non-hydrogen) atoms. The zero-order valence-corrected chi connectivity index (χ0v) is 15.6. The van der Waals surface area contributed by atoms with Crippen LogP contribution in [-0.4, -0.2) is 35.8 Å². The molecule has 2 amide bonds. The summed E-state index contributed by atoms with van der Waals surface area (Å²) < 4.78 is 26.8. The van der Waals surface area contributed by atoms with Crippen molar-refractivity contribution in [2.45, 2.75) is 25.8 Å². The molecular weight excluding hydrogens is 364 g/mol. The molecule has 0 bridgehead atoms. The fraction of sp³-hybridized carbons (Fsp3) is 0.333. The van der Waals surface area contributed by atoms with Gasteiger partial charge in [0.25, 0.3) is 0 Å². The van der Waals surface area contributed by atoms with Gasteiger partial charge in [-0.05, 0) is 50.6 Å². The molecule has 0 radical (unpaired) electrons. The van der Waals surface area contributed by atoms with E-state index in [0.717, 1.165) is 30.7 Å². The predicted molar refractivity (Wildman–Crippen MR) is 104 cm³/mol. The lowest BCUT2D eigenvalue weighted by atomic mass is 9.95. The van der Waals surface area contributed by atoms with Gasteiger partial charge in [0.15, 0.2) is 0 Å². The first-order valence-corrected chi connectivity index (χ1v) is 9.30. The van der Waals surface area contributed by atoms with Gasteiger partial charge < -0.3 is 10.6 Å². The Morgan fingerprint density at radius 1 is 1.11 bits per heavy atom. The van der Waals surface area contributed by atoms with Crippen molar-refractivity contribution >= 4 is 23.2 Å². The third-order valence-corrected chi connectivity index (χ3v) is 4.98. The third kappa shape index (κ3) is 4.92. The van der Waals surface area contributed by atoms with Gasteiger partial charge in [-0.25, -0.2) is 8.78 Å². The zero-order chi connectivity index (χ0) is 20.1. The Balaban J connectivity index is 1.59. The second kappa shape index (κ2) is 8.93. The van der Waals surface area contributed by atoms with Gasteiger partial charge in [-0.1, -0.05) is 18.2 Å². The number of piperidine rings is 1. The quantitative estimate of drug-likeness (QED) is 0.823. The minimum absolute atomic E-state index is 0.0615. The number of rotatable bonds is 5. The van der Waals surface area contributed by atoms with E-state index in [1.54, 1.807) is 6.92 Å². The van der Waals surface area contributed by atoms with Gasteiger partial charge in [0.1, 0.15) is 11.6 Å². The summed E-state index contributed by atoms with van der Waals surface area (Å²) in [6.07, 6.45) is 1.53. The van der Waals surface area contributed by atoms with Crippen molar-refractivity contribution in [1.29, 1.82) is 0 Å². The van der Waals surface area contributed by atoms with E-state index in [0.29, 0.717) is 13.1 Å². The number of anilines is 2. The first-order chi connectivity index (χ1) is 13.4. The van der Waals surface area contributed by atoms with Crippen LogP contribution in [0.15, 0.2) is 48.5 Å². The van der Waals surface area contributed by atoms with Crippen LogP contribution in [0.5, 0.6) is 0 Å². The summed E-state index contributed by atoms with van der Waals surface area (Å²) in [5, 5.41) is 5.40. The zero-order valence-electron chi connectivity index (χ0n) is 15.6. The van der Waals surface area contributed by atoms with Crippen molar-refractivity contribution in [3.8, 4) is 0 Å². The van der Waals surface area contributed by atoms with Gasteiger partial charge in [-0.3, -0.25) is 14.5 Å². The van der Waals surface area contributed by atoms with Gasteiger partial charge >= 0.3 is 0 Å². The van der Waals surface area contributed by atoms with Crippen molar-refractivity contribution in [3.05, 3.63) is 60.2 Å². The maximum atomic E-state index is 13.8. The number of amides is 2. The number of carbonyl (C=O) groups is 2. The van der Waals surface area contributed by atoms with Crippen LogP contribution in [0.1, 0.15) is 19.8 Å². The van der Waals surface area contributed by atoms with E-state index < -0.39 is 23.6 Å². The average Bonchev–Trinajstić information content (AvgIpc) is 2.70. The molecule has 3 rings (SSSR count). The van der Waals surface area contributed by atoms with E-state index in [2.05, 4.69) is 10.6 Å². The summed E-state index contributed by atoms with van der Waals surface area (Å²) in [5.41, 5.74) is 0.677. The Morgan fingerprint density at radius 2 is 1.86 bits per heavy atom. The van der Waals surface area contributed by atoms with Crippen molar-refractivity contribution < 1.29 is 18.4 Å². The van der Waals surface area contributed by atoms with Gasteiger partial charge in [0.05, 0.1) is 17.6 Å². The highest BCUT2D eigenvalue weighted by Gasteiger charge is 2.31. The lowest BCUT2D eigenvalue weighted by Crippen LogP contribution is -2.49. The molecule has 1 saturated heterocycles. The number of benzene rings is 2. The molecule has 2 aromatic rings. The molecule has 0 aromatic heterocycles. The summed E-state index contributed by atoms with van der Waals surface area (Å²) in [6.45, 7) is 2.84. The van der Waals surface area contributed by atoms with E-state index in [-0.39, 0.29) is 17.5 Å². The number of halogens is 2. The maximum Gasteiger partial charge on any atom is 0.241 e. The predicted octanol–water partition coefficient (Wildman–Crippen LogP) is 3.64. The standard InChI is InChI=1S/C21H23F2N3O2/c1-14(20(27)25-19-10-9-16(22)12-18(19)23)26-11-5-6-15(13-26)21(28)24-17-7-3-2-4-8-17/h2-4,7-10,12,14-15H,5-6,11,13H2,1H3,(H,24,28)(H,25,27)/t14-,15-/m1/s1. The van der Waals surface area contributed by atoms with Crippen LogP contribution in [0.3, 0.4) is 0 Å². The van der Waals surface area contributed by atoms with Crippen LogP contribution in [0, 0.1) is 17.6 Å². The molecule has 0 unspecified atom stereocenters. The van der Waals surface area contributed by atoms with E-state index >= 15 is 0 Å². The number of para-hydroxylation sites is 1. The Bertz CT molecular complexity index is 845. The lowest BCUT2D eigenvalue weighted by molar-refractivity contribution is -0.125. The molecule has 1 fully saturated rings. The van der Waals surface area contributed by atoms with Gasteiger partial charge in [-0.15, -0.1) is 0 Å². The normalized spacial score (nSPS) is 18.3. The maximum absolute atomic E-state index is 13.8. The number of hydrogen-bond acceptors (Lipinski definition) is 3. The third-order valence-electron chi connectivity index (χ3n) is 4.98. The highest BCUT2D eigenvalue weighted by atomic mass is 19.1. The van der Waals surface area contributed by atoms with Crippen molar-refractivity contribution in [1.82, 2.24) is 4.90 Å². The van der Waals surface area contributed by atoms with Crippen molar-refractivity contribution in [2.24, 2.45) is 5.92 Å². The number of likely N-dealkylation sites (tertiary alicyclic amines) is 1. The molecule has 0 saturated carbocycles. The van der Waals surface area contributed by atoms with Crippen LogP contribution >= 0.6 is 0 Å². The van der Waals surface area contributed by atoms with Crippen LogP contribution in [0.25, 0.3) is 0 Å². The highest BCUT2D eigenvalue weighted by molar-refractivity contribution is 5.95. The van der Waals surface area contributed by atoms with Crippen molar-refractivity contribution in [3.63, 3.8) is 0 Å². The molecule has 1 aliphatic rings. The highest BCUT2D eigenvalue weighted by Crippen LogP contribution is 2.22. The molecule has 148 valence electrons. The van der Waals surface area contributed by atoms with E-state index in [9.17, 15) is 18.4 Å². The number of hydrogen-bond donors (Lipinski definition) is 2. The molecule has 2 atom stereocenters. The summed E-state index contributed by atoms with van der Waals surface area (Å²) in [5.74, 6) is -2.22. The number of nitrogens with zero attached hydrogens (tertiary/aromatic N) is 1. The lowest BCUT2D eigenvalue weighted by Gasteiger charge is -2.35. The van der Waals surface area contributed by atoms with Gasteiger partial charge in [0.2, 0.25) is 11.8 Å². The Labute approximate surface area is 162 Å². The first-order valence-electron chi connectivity index (χ1n) is 9.30. The molecule has 2 aromatic carbocycles. The topological polar surface area (TPSA) is 61.4 Å². The molecule has 7 heteroatoms. The van der Waals surface area contributed by atoms with Crippen LogP contribution in [0.2, 0.25) is 0 Å². The summed E-state index contributed by atoms with van der Waals surface area (Å²) in [7, 11) is 0. The van der Waals surface area contributed by atoms with Gasteiger partial charge in [-0.2, -0.15) is 0 Å². The Kier molecular flexibility index (Phi) is 6.36. The summed E-state index contributed by atoms with van der Waals surface area (Å²) in [4.78, 5) is 27.0. The SMILES string of the molecule is C[C@H](C(=O)Nc1ccc(F)cc1F)N1CCC[C@@H](C(=O)Nc2ccccc2)C1. The molecule has 0 aliphatic carbocycles. The van der Waals surface area contributed by atoms with Crippen LogP contribution in [0.4, 0.5) is 20.2 Å². The minimum atomic E-state index is -0.820. The number of nitrogens with one attached hydrogen (secondary N) is 2. The number of carbonyl (C=O) groups excluding carboxylic acids is 2. The van der Waals surface area contributed by atoms with E-state index in [4.69, 9.17) is 0 Å². The Hall–Kier alpha value is -2.80. The van der Waals surface area contributed by atoms with Gasteiger partial charge in [0, 0.05) is 18.3 Å². The Morgan fingerprint density at radius 3 is 2.57 bits per heavy atom. The first kappa shape index (κ1) is 19.9. The summed E-state index contributed by atoms with van der Waals surface area (Å²) >= 11 is 0. The molecule has 1 aliphatic heterocycles. The molecule has 1 heterocycles. The molecule has 2 N–H and O–H groups in total. The molecular formula is C21H23F2N3O2. The smallest absolute Gasteiger partial charge is 0.241 e. The fourth-order valence-corrected chi connectivity index (χ4v) is 3.33. The van der Waals surface area contributed by atoms with Crippen molar-refractivity contribution in [2.75, 3.05) is 23.7 Å². The minimum Gasteiger partial charge on any atom is -0.326 e. The van der Waals surface area contributed by atoms with E-state index in [1.165, 1.54) is 6.07 Å². The molecule has 0 spiro atoms. The van der Waals surface area contributed by atoms with E-state index in [1.807, 2.05) is 35.2 Å². The molecule has 5 nitrogen and oxygen atoms in total. The van der Waals surface area contributed by atoms with Crippen LogP contribution in [-0.2, 0) is 9.59 Å².